The van der Waals surface area contributed by atoms with E-state index in [0.717, 1.165) is 11.0 Å². The van der Waals surface area contributed by atoms with E-state index >= 15 is 0 Å². The van der Waals surface area contributed by atoms with Crippen LogP contribution in [0, 0.1) is 5.82 Å². The summed E-state index contributed by atoms with van der Waals surface area (Å²) in [4.78, 5) is 4.42. The molecule has 0 bridgehead atoms. The summed E-state index contributed by atoms with van der Waals surface area (Å²) >= 11 is 0. The zero-order valence-electron chi connectivity index (χ0n) is 9.51. The number of hydrogen-bond donors (Lipinski definition) is 1. The van der Waals surface area contributed by atoms with E-state index < -0.39 is 7.05 Å². The van der Waals surface area contributed by atoms with Gasteiger partial charge in [-0.1, -0.05) is 42.5 Å². The second-order valence-electron chi connectivity index (χ2n) is 3.97. The fourth-order valence-corrected chi connectivity index (χ4v) is 1.78. The Balaban J connectivity index is 1.85. The van der Waals surface area contributed by atoms with Gasteiger partial charge >= 0.3 is 7.05 Å². The molecule has 5 heteroatoms. The largest absolute Gasteiger partial charge is 0.496 e. The number of halogens is 1. The Morgan fingerprint density at radius 1 is 1.00 bits per heavy atom. The van der Waals surface area contributed by atoms with E-state index in [9.17, 15) is 4.39 Å². The molecule has 88 valence electrons. The molecule has 1 aliphatic heterocycles. The lowest BCUT2D eigenvalue weighted by Gasteiger charge is -2.01. The summed E-state index contributed by atoms with van der Waals surface area (Å²) in [5.41, 5.74) is 4.57. The summed E-state index contributed by atoms with van der Waals surface area (Å²) in [7, 11) is -0.430. The van der Waals surface area contributed by atoms with Gasteiger partial charge in [-0.05, 0) is 17.6 Å². The van der Waals surface area contributed by atoms with Gasteiger partial charge in [-0.2, -0.15) is 0 Å². The molecule has 1 N–H and O–H groups in total. The first-order valence-corrected chi connectivity index (χ1v) is 5.63. The average molecular weight is 240 g/mol. The van der Waals surface area contributed by atoms with E-state index in [2.05, 4.69) is 10.4 Å². The van der Waals surface area contributed by atoms with Crippen molar-refractivity contribution in [1.82, 2.24) is 5.48 Å². The lowest BCUT2D eigenvalue weighted by molar-refractivity contribution is 0.284. The van der Waals surface area contributed by atoms with Gasteiger partial charge < -0.3 is 0 Å². The van der Waals surface area contributed by atoms with Crippen molar-refractivity contribution in [2.45, 2.75) is 0 Å². The molecule has 0 radical (unpaired) electrons. The number of hydrogen-bond acceptors (Lipinski definition) is 3. The third-order valence-electron chi connectivity index (χ3n) is 2.72. The Morgan fingerprint density at radius 2 is 1.72 bits per heavy atom. The van der Waals surface area contributed by atoms with Crippen molar-refractivity contribution < 1.29 is 9.15 Å². The monoisotopic (exact) mass is 240 g/mol. The zero-order valence-corrected chi connectivity index (χ0v) is 9.51. The summed E-state index contributed by atoms with van der Waals surface area (Å²) in [5.74, 6) is 0.418. The van der Waals surface area contributed by atoms with Crippen LogP contribution in [0.5, 0.6) is 0 Å². The third kappa shape index (κ3) is 2.12. The summed E-state index contributed by atoms with van der Waals surface area (Å²) in [5, 5.41) is 0. The summed E-state index contributed by atoms with van der Waals surface area (Å²) in [6.07, 6.45) is 0. The summed E-state index contributed by atoms with van der Waals surface area (Å²) in [6.45, 7) is 0. The highest BCUT2D eigenvalue weighted by Gasteiger charge is 2.26. The van der Waals surface area contributed by atoms with Gasteiger partial charge in [0.2, 0.25) is 0 Å². The number of nitrogens with one attached hydrogen (secondary N) is 1. The van der Waals surface area contributed by atoms with E-state index in [-0.39, 0.29) is 5.82 Å². The Hall–Kier alpha value is -2.14. The third-order valence-corrected chi connectivity index (χ3v) is 2.72. The molecule has 0 spiro atoms. The van der Waals surface area contributed by atoms with Crippen LogP contribution in [0.3, 0.4) is 0 Å². The van der Waals surface area contributed by atoms with Crippen LogP contribution in [-0.4, -0.2) is 12.9 Å². The van der Waals surface area contributed by atoms with Crippen LogP contribution >= 0.6 is 0 Å². The maximum atomic E-state index is 12.8. The molecule has 2 aromatic carbocycles. The fraction of sp³-hybridized carbons (Fsp3) is 0. The van der Waals surface area contributed by atoms with Crippen LogP contribution in [0.1, 0.15) is 5.56 Å². The standard InChI is InChI=1S/C13H10BFN2O/c15-12-8-6-11(7-9-12)14-16-13(17-18-14)10-4-2-1-3-5-10/h1-9H,(H,16,17). The number of amidine groups is 1. The SMILES string of the molecule is Fc1ccc(B2N=C(c3ccccc3)NO2)cc1. The van der Waals surface area contributed by atoms with Gasteiger partial charge in [0.1, 0.15) is 11.7 Å². The van der Waals surface area contributed by atoms with Gasteiger partial charge in [-0.3, -0.25) is 15.1 Å². The van der Waals surface area contributed by atoms with E-state index in [1.165, 1.54) is 12.1 Å². The maximum absolute atomic E-state index is 12.8. The highest BCUT2D eigenvalue weighted by Crippen LogP contribution is 2.06. The van der Waals surface area contributed by atoms with E-state index in [1.807, 2.05) is 30.3 Å². The Morgan fingerprint density at radius 3 is 2.44 bits per heavy atom. The molecule has 3 nitrogen and oxygen atoms in total. The van der Waals surface area contributed by atoms with Crippen molar-refractivity contribution in [2.24, 2.45) is 4.90 Å². The topological polar surface area (TPSA) is 33.6 Å². The van der Waals surface area contributed by atoms with Crippen LogP contribution in [0.15, 0.2) is 59.5 Å². The quantitative estimate of drug-likeness (QED) is 0.807. The molecule has 0 aliphatic carbocycles. The van der Waals surface area contributed by atoms with Crippen LogP contribution < -0.4 is 10.9 Å². The highest BCUT2D eigenvalue weighted by atomic mass is 19.1. The van der Waals surface area contributed by atoms with Crippen molar-refractivity contribution in [1.29, 1.82) is 0 Å². The van der Waals surface area contributed by atoms with Crippen LogP contribution in [-0.2, 0) is 4.76 Å². The van der Waals surface area contributed by atoms with Crippen LogP contribution in [0.2, 0.25) is 0 Å². The Bertz CT molecular complexity index is 571. The predicted molar refractivity (Wildman–Crippen MR) is 69.0 cm³/mol. The highest BCUT2D eigenvalue weighted by molar-refractivity contribution is 6.68. The van der Waals surface area contributed by atoms with Crippen molar-refractivity contribution in [3.63, 3.8) is 0 Å². The molecular weight excluding hydrogens is 230 g/mol. The normalized spacial score (nSPS) is 14.3. The molecular formula is C13H10BFN2O. The molecule has 18 heavy (non-hydrogen) atoms. The second kappa shape index (κ2) is 4.62. The van der Waals surface area contributed by atoms with Gasteiger partial charge in [-0.25, -0.2) is 4.39 Å². The minimum Gasteiger partial charge on any atom is -0.300 e. The minimum atomic E-state index is -0.430. The smallest absolute Gasteiger partial charge is 0.300 e. The van der Waals surface area contributed by atoms with Gasteiger partial charge in [0.25, 0.3) is 0 Å². The lowest BCUT2D eigenvalue weighted by atomic mass is 9.75. The van der Waals surface area contributed by atoms with E-state index in [1.54, 1.807) is 12.1 Å². The number of rotatable bonds is 2. The van der Waals surface area contributed by atoms with Crippen molar-refractivity contribution in [3.05, 3.63) is 66.0 Å². The number of hydroxylamine groups is 1. The Kier molecular flexibility index (Phi) is 2.82. The molecule has 3 rings (SSSR count). The van der Waals surface area contributed by atoms with Gasteiger partial charge in [0.05, 0.1) is 0 Å². The van der Waals surface area contributed by atoms with E-state index in [0.29, 0.717) is 5.84 Å². The molecule has 0 unspecified atom stereocenters. The molecule has 0 amide bonds. The predicted octanol–water partition coefficient (Wildman–Crippen LogP) is 1.50. The first-order chi connectivity index (χ1) is 8.83. The first-order valence-electron chi connectivity index (χ1n) is 5.63. The molecule has 0 fully saturated rings. The average Bonchev–Trinajstić information content (AvgIpc) is 2.90. The summed E-state index contributed by atoms with van der Waals surface area (Å²) in [6, 6.07) is 15.8. The molecule has 0 atom stereocenters. The molecule has 0 saturated heterocycles. The first kappa shape index (κ1) is 11.0. The Labute approximate surface area is 104 Å². The number of nitrogens with zero attached hydrogens (tertiary/aromatic N) is 1. The molecule has 1 aliphatic rings. The van der Waals surface area contributed by atoms with Gasteiger partial charge in [0.15, 0.2) is 0 Å². The summed E-state index contributed by atoms with van der Waals surface area (Å²) < 4.78 is 18.2. The molecule has 2 aromatic rings. The lowest BCUT2D eigenvalue weighted by Crippen LogP contribution is -2.31. The van der Waals surface area contributed by atoms with Gasteiger partial charge in [-0.15, -0.1) is 0 Å². The van der Waals surface area contributed by atoms with Gasteiger partial charge in [0, 0.05) is 5.56 Å². The zero-order chi connectivity index (χ0) is 12.4. The van der Waals surface area contributed by atoms with Crippen LogP contribution in [0.25, 0.3) is 0 Å². The van der Waals surface area contributed by atoms with Crippen molar-refractivity contribution >= 4 is 18.3 Å². The van der Waals surface area contributed by atoms with Crippen molar-refractivity contribution in [3.8, 4) is 0 Å². The van der Waals surface area contributed by atoms with Crippen LogP contribution in [0.4, 0.5) is 4.39 Å². The number of benzene rings is 2. The molecule has 1 heterocycles. The van der Waals surface area contributed by atoms with Crippen molar-refractivity contribution in [2.75, 3.05) is 0 Å². The maximum Gasteiger partial charge on any atom is 0.496 e. The minimum absolute atomic E-state index is 0.267. The second-order valence-corrected chi connectivity index (χ2v) is 3.97. The fourth-order valence-electron chi connectivity index (χ4n) is 1.78. The molecule has 0 saturated carbocycles. The van der Waals surface area contributed by atoms with E-state index in [4.69, 9.17) is 4.76 Å². The molecule has 0 aromatic heterocycles.